The highest BCUT2D eigenvalue weighted by atomic mass is 127. The van der Waals surface area contributed by atoms with Crippen LogP contribution < -0.4 is 10.2 Å². The van der Waals surface area contributed by atoms with Gasteiger partial charge in [-0.25, -0.2) is 5.43 Å². The minimum atomic E-state index is -0.481. The molecule has 1 N–H and O–H groups in total. The van der Waals surface area contributed by atoms with Crippen molar-refractivity contribution >= 4 is 74.6 Å². The average molecular weight is 676 g/mol. The van der Waals surface area contributed by atoms with Gasteiger partial charge in [-0.2, -0.15) is 5.10 Å². The summed E-state index contributed by atoms with van der Waals surface area (Å²) in [7, 11) is 0. The highest BCUT2D eigenvalue weighted by molar-refractivity contribution is 14.1. The second-order valence-electron chi connectivity index (χ2n) is 6.62. The van der Waals surface area contributed by atoms with Crippen LogP contribution in [0.2, 0.25) is 5.02 Å². The summed E-state index contributed by atoms with van der Waals surface area (Å²) in [6.45, 7) is 0.426. The maximum absolute atomic E-state index is 12.1. The Kier molecular flexibility index (Phi) is 8.82. The predicted octanol–water partition coefficient (Wildman–Crippen LogP) is 5.73. The monoisotopic (exact) mass is 675 g/mol. The van der Waals surface area contributed by atoms with Crippen molar-refractivity contribution in [3.05, 3.63) is 99.6 Å². The molecule has 0 aliphatic heterocycles. The second kappa shape index (κ2) is 11.6. The van der Waals surface area contributed by atoms with E-state index in [-0.39, 0.29) is 18.0 Å². The number of hydrogen-bond donors (Lipinski definition) is 1. The first-order valence-corrected chi connectivity index (χ1v) is 11.8. The lowest BCUT2D eigenvalue weighted by Crippen LogP contribution is -2.19. The molecule has 0 spiro atoms. The van der Waals surface area contributed by atoms with Gasteiger partial charge < -0.3 is 4.74 Å². The SMILES string of the molecule is O=C(Cc1ccc([N+](=O)[O-])cc1)N/N=C\c1cc(I)c(OCc2ccc(Cl)cc2)c(I)c1. The third-order valence-corrected chi connectivity index (χ3v) is 6.09. The predicted molar refractivity (Wildman–Crippen MR) is 140 cm³/mol. The number of hydrazone groups is 1. The molecule has 0 radical (unpaired) electrons. The van der Waals surface area contributed by atoms with E-state index in [0.29, 0.717) is 17.2 Å². The quantitative estimate of drug-likeness (QED) is 0.143. The number of nitro groups is 1. The van der Waals surface area contributed by atoms with E-state index in [2.05, 4.69) is 55.7 Å². The number of non-ortho nitro benzene ring substituents is 1. The van der Waals surface area contributed by atoms with E-state index in [0.717, 1.165) is 24.0 Å². The van der Waals surface area contributed by atoms with Gasteiger partial charge in [-0.15, -0.1) is 0 Å². The van der Waals surface area contributed by atoms with Crippen LogP contribution in [0.25, 0.3) is 0 Å². The third kappa shape index (κ3) is 7.14. The zero-order chi connectivity index (χ0) is 23.1. The Balaban J connectivity index is 1.56. The number of halogens is 3. The minimum Gasteiger partial charge on any atom is -0.487 e. The number of nitrogens with one attached hydrogen (secondary N) is 1. The Morgan fingerprint density at radius 2 is 1.66 bits per heavy atom. The molecule has 32 heavy (non-hydrogen) atoms. The lowest BCUT2D eigenvalue weighted by atomic mass is 10.1. The Morgan fingerprint density at radius 1 is 1.06 bits per heavy atom. The van der Waals surface area contributed by atoms with Crippen molar-refractivity contribution in [3.8, 4) is 5.75 Å². The van der Waals surface area contributed by atoms with E-state index in [9.17, 15) is 14.9 Å². The van der Waals surface area contributed by atoms with Crippen LogP contribution in [0.4, 0.5) is 5.69 Å². The van der Waals surface area contributed by atoms with E-state index in [1.165, 1.54) is 12.1 Å². The first-order valence-electron chi connectivity index (χ1n) is 9.23. The van der Waals surface area contributed by atoms with Gasteiger partial charge in [-0.1, -0.05) is 35.9 Å². The number of ether oxygens (including phenoxy) is 1. The summed E-state index contributed by atoms with van der Waals surface area (Å²) in [5.41, 5.74) is 4.95. The average Bonchev–Trinajstić information content (AvgIpc) is 2.75. The fourth-order valence-electron chi connectivity index (χ4n) is 2.67. The van der Waals surface area contributed by atoms with Crippen molar-refractivity contribution in [2.75, 3.05) is 0 Å². The molecule has 0 aliphatic rings. The molecule has 3 rings (SSSR count). The molecule has 7 nitrogen and oxygen atoms in total. The summed E-state index contributed by atoms with van der Waals surface area (Å²) in [4.78, 5) is 22.3. The van der Waals surface area contributed by atoms with Crippen molar-refractivity contribution in [2.45, 2.75) is 13.0 Å². The Hall–Kier alpha value is -2.25. The van der Waals surface area contributed by atoms with Crippen LogP contribution in [0.3, 0.4) is 0 Å². The third-order valence-electron chi connectivity index (χ3n) is 4.23. The molecule has 0 atom stereocenters. The molecule has 164 valence electrons. The van der Waals surface area contributed by atoms with Crippen LogP contribution in [0.1, 0.15) is 16.7 Å². The van der Waals surface area contributed by atoms with Crippen LogP contribution in [0, 0.1) is 17.3 Å². The zero-order valence-corrected chi connectivity index (χ0v) is 21.5. The largest absolute Gasteiger partial charge is 0.487 e. The van der Waals surface area contributed by atoms with E-state index >= 15 is 0 Å². The maximum atomic E-state index is 12.1. The van der Waals surface area contributed by atoms with Gasteiger partial charge in [0.15, 0.2) is 0 Å². The van der Waals surface area contributed by atoms with Crippen molar-refractivity contribution in [1.82, 2.24) is 5.43 Å². The van der Waals surface area contributed by atoms with E-state index in [4.69, 9.17) is 16.3 Å². The van der Waals surface area contributed by atoms with Gasteiger partial charge in [0, 0.05) is 17.2 Å². The Bertz CT molecular complexity index is 1130. The van der Waals surface area contributed by atoms with E-state index < -0.39 is 4.92 Å². The number of carbonyl (C=O) groups is 1. The Morgan fingerprint density at radius 3 is 2.25 bits per heavy atom. The number of benzene rings is 3. The molecule has 0 aliphatic carbocycles. The molecule has 0 unspecified atom stereocenters. The number of nitro benzene ring substituents is 1. The fraction of sp³-hybridized carbons (Fsp3) is 0.0909. The normalized spacial score (nSPS) is 10.8. The Labute approximate surface area is 216 Å². The van der Waals surface area contributed by atoms with E-state index in [1.807, 2.05) is 36.4 Å². The van der Waals surface area contributed by atoms with Gasteiger partial charge >= 0.3 is 0 Å². The molecule has 0 saturated carbocycles. The highest BCUT2D eigenvalue weighted by Crippen LogP contribution is 2.29. The van der Waals surface area contributed by atoms with Gasteiger partial charge in [0.1, 0.15) is 12.4 Å². The topological polar surface area (TPSA) is 93.8 Å². The van der Waals surface area contributed by atoms with Gasteiger partial charge in [0.2, 0.25) is 5.91 Å². The lowest BCUT2D eigenvalue weighted by Gasteiger charge is -2.11. The summed E-state index contributed by atoms with van der Waals surface area (Å²) >= 11 is 10.3. The number of amides is 1. The molecular formula is C22H16ClI2N3O4. The van der Waals surface area contributed by atoms with Crippen molar-refractivity contribution < 1.29 is 14.5 Å². The molecule has 0 bridgehead atoms. The maximum Gasteiger partial charge on any atom is 0.269 e. The molecule has 10 heteroatoms. The molecule has 3 aromatic rings. The molecule has 3 aromatic carbocycles. The highest BCUT2D eigenvalue weighted by Gasteiger charge is 2.10. The summed E-state index contributed by atoms with van der Waals surface area (Å²) in [6, 6.07) is 17.1. The number of rotatable bonds is 8. The summed E-state index contributed by atoms with van der Waals surface area (Å²) in [5, 5.41) is 15.4. The van der Waals surface area contributed by atoms with Gasteiger partial charge in [0.25, 0.3) is 5.69 Å². The van der Waals surface area contributed by atoms with Crippen LogP contribution in [-0.4, -0.2) is 17.0 Å². The standard InChI is InChI=1S/C22H16ClI2N3O4/c23-17-5-1-15(2-6-17)13-32-22-19(24)9-16(10-20(22)25)12-26-27-21(29)11-14-3-7-18(8-4-14)28(30)31/h1-10,12H,11,13H2,(H,27,29)/b26-12-. The zero-order valence-electron chi connectivity index (χ0n) is 16.4. The summed E-state index contributed by atoms with van der Waals surface area (Å²) in [6.07, 6.45) is 1.63. The first kappa shape index (κ1) is 24.4. The van der Waals surface area contributed by atoms with E-state index in [1.54, 1.807) is 18.3 Å². The molecule has 0 saturated heterocycles. The lowest BCUT2D eigenvalue weighted by molar-refractivity contribution is -0.384. The second-order valence-corrected chi connectivity index (χ2v) is 9.38. The molecule has 1 amide bonds. The van der Waals surface area contributed by atoms with Crippen LogP contribution in [-0.2, 0) is 17.8 Å². The van der Waals surface area contributed by atoms with Crippen LogP contribution in [0.5, 0.6) is 5.75 Å². The smallest absolute Gasteiger partial charge is 0.269 e. The van der Waals surface area contributed by atoms with Crippen molar-refractivity contribution in [3.63, 3.8) is 0 Å². The number of nitrogens with zero attached hydrogens (tertiary/aromatic N) is 2. The summed E-state index contributed by atoms with van der Waals surface area (Å²) < 4.78 is 7.80. The minimum absolute atomic E-state index is 0.0167. The number of carbonyl (C=O) groups excluding carboxylic acids is 1. The van der Waals surface area contributed by atoms with Gasteiger partial charge in [-0.05, 0) is 86.1 Å². The van der Waals surface area contributed by atoms with Crippen molar-refractivity contribution in [2.24, 2.45) is 5.10 Å². The molecular weight excluding hydrogens is 660 g/mol. The molecule has 0 fully saturated rings. The molecule has 0 heterocycles. The van der Waals surface area contributed by atoms with Crippen LogP contribution in [0.15, 0.2) is 65.8 Å². The molecule has 0 aromatic heterocycles. The first-order chi connectivity index (χ1) is 15.3. The fourth-order valence-corrected chi connectivity index (χ4v) is 4.92. The van der Waals surface area contributed by atoms with Gasteiger partial charge in [0.05, 0.1) is 24.7 Å². The van der Waals surface area contributed by atoms with Gasteiger partial charge in [-0.3, -0.25) is 14.9 Å². The van der Waals surface area contributed by atoms with Crippen molar-refractivity contribution in [1.29, 1.82) is 0 Å². The van der Waals surface area contributed by atoms with Crippen LogP contribution >= 0.6 is 56.8 Å². The summed E-state index contributed by atoms with van der Waals surface area (Å²) in [5.74, 6) is 0.461. The number of hydrogen-bond acceptors (Lipinski definition) is 5.